The zero-order valence-electron chi connectivity index (χ0n) is 10.3. The van der Waals surface area contributed by atoms with E-state index in [1.807, 2.05) is 22.8 Å². The van der Waals surface area contributed by atoms with E-state index in [9.17, 15) is 0 Å². The van der Waals surface area contributed by atoms with Gasteiger partial charge in [-0.2, -0.15) is 0 Å². The fourth-order valence-electron chi connectivity index (χ4n) is 2.52. The van der Waals surface area contributed by atoms with Crippen molar-refractivity contribution in [2.24, 2.45) is 0 Å². The first-order valence-electron chi connectivity index (χ1n) is 6.33. The molecule has 0 saturated heterocycles. The number of hydrogen-bond acceptors (Lipinski definition) is 5. The molecule has 1 aromatic heterocycles. The molecule has 1 aromatic carbocycles. The summed E-state index contributed by atoms with van der Waals surface area (Å²) >= 11 is 0. The van der Waals surface area contributed by atoms with Crippen molar-refractivity contribution in [3.05, 3.63) is 18.2 Å². The lowest BCUT2D eigenvalue weighted by molar-refractivity contribution is 0.174. The molecule has 6 heteroatoms. The van der Waals surface area contributed by atoms with Crippen LogP contribution >= 0.6 is 0 Å². The van der Waals surface area contributed by atoms with E-state index in [0.29, 0.717) is 5.82 Å². The van der Waals surface area contributed by atoms with Crippen LogP contribution in [0.5, 0.6) is 11.5 Å². The molecule has 19 heavy (non-hydrogen) atoms. The van der Waals surface area contributed by atoms with Gasteiger partial charge in [-0.05, 0) is 24.6 Å². The third-order valence-corrected chi connectivity index (χ3v) is 3.49. The Bertz CT molecular complexity index is 650. The van der Waals surface area contributed by atoms with Gasteiger partial charge in [0.2, 0.25) is 12.7 Å². The summed E-state index contributed by atoms with van der Waals surface area (Å²) in [5, 5.41) is 3.26. The maximum Gasteiger partial charge on any atom is 0.231 e. The van der Waals surface area contributed by atoms with Gasteiger partial charge in [-0.15, -0.1) is 0 Å². The van der Waals surface area contributed by atoms with Gasteiger partial charge in [0.1, 0.15) is 11.5 Å². The van der Waals surface area contributed by atoms with Crippen molar-refractivity contribution >= 4 is 11.8 Å². The molecule has 3 N–H and O–H groups in total. The van der Waals surface area contributed by atoms with Gasteiger partial charge >= 0.3 is 0 Å². The number of aromatic nitrogens is 2. The molecule has 0 aliphatic carbocycles. The number of imidazole rings is 1. The molecule has 98 valence electrons. The number of nitrogens with one attached hydrogen (secondary N) is 1. The Morgan fingerprint density at radius 3 is 3.05 bits per heavy atom. The Hall–Kier alpha value is -2.37. The summed E-state index contributed by atoms with van der Waals surface area (Å²) in [7, 11) is 0. The normalized spacial score (nSPS) is 16.0. The van der Waals surface area contributed by atoms with Crippen LogP contribution in [0.1, 0.15) is 6.42 Å². The Morgan fingerprint density at radius 2 is 2.16 bits per heavy atom. The molecule has 2 aliphatic rings. The number of ether oxygens (including phenoxy) is 2. The number of hydrogen-bond donors (Lipinski definition) is 2. The Kier molecular flexibility index (Phi) is 2.11. The highest BCUT2D eigenvalue weighted by Gasteiger charge is 2.20. The fraction of sp³-hybridized carbons (Fsp3) is 0.308. The van der Waals surface area contributed by atoms with Crippen LogP contribution < -0.4 is 20.5 Å². The Balaban J connectivity index is 1.82. The minimum atomic E-state index is 0.273. The van der Waals surface area contributed by atoms with Crippen molar-refractivity contribution in [3.63, 3.8) is 0 Å². The average Bonchev–Trinajstić information content (AvgIpc) is 3.03. The molecule has 0 radical (unpaired) electrons. The highest BCUT2D eigenvalue weighted by Crippen LogP contribution is 2.38. The summed E-state index contributed by atoms with van der Waals surface area (Å²) in [6.45, 7) is 2.12. The van der Waals surface area contributed by atoms with Crippen LogP contribution in [0.4, 0.5) is 11.8 Å². The largest absolute Gasteiger partial charge is 0.454 e. The summed E-state index contributed by atoms with van der Waals surface area (Å²) in [5.74, 6) is 3.05. The van der Waals surface area contributed by atoms with Crippen molar-refractivity contribution in [3.8, 4) is 22.8 Å². The van der Waals surface area contributed by atoms with Crippen molar-refractivity contribution in [1.82, 2.24) is 9.55 Å². The average molecular weight is 258 g/mol. The standard InChI is InChI=1S/C13H14N4O2/c14-12-11(16-13-15-4-1-5-17(12)13)8-2-3-9-10(6-8)19-7-18-9/h2-3,6H,1,4-5,7,14H2,(H,15,16). The molecule has 0 amide bonds. The SMILES string of the molecule is Nc1c(-c2ccc3c(c2)OCO3)nc2n1CCCN2. The van der Waals surface area contributed by atoms with Crippen molar-refractivity contribution < 1.29 is 9.47 Å². The Labute approximate surface area is 110 Å². The maximum atomic E-state index is 6.19. The van der Waals surface area contributed by atoms with Gasteiger partial charge in [-0.25, -0.2) is 4.98 Å². The molecule has 2 aliphatic heterocycles. The monoisotopic (exact) mass is 258 g/mol. The minimum Gasteiger partial charge on any atom is -0.454 e. The lowest BCUT2D eigenvalue weighted by atomic mass is 10.1. The number of anilines is 2. The van der Waals surface area contributed by atoms with Gasteiger partial charge in [0.05, 0.1) is 0 Å². The van der Waals surface area contributed by atoms with E-state index < -0.39 is 0 Å². The first kappa shape index (κ1) is 10.5. The van der Waals surface area contributed by atoms with Gasteiger partial charge in [-0.1, -0.05) is 0 Å². The van der Waals surface area contributed by atoms with Gasteiger partial charge in [0, 0.05) is 18.7 Å². The summed E-state index contributed by atoms with van der Waals surface area (Å²) < 4.78 is 12.7. The second-order valence-electron chi connectivity index (χ2n) is 4.67. The van der Waals surface area contributed by atoms with E-state index in [4.69, 9.17) is 15.2 Å². The fourth-order valence-corrected chi connectivity index (χ4v) is 2.52. The first-order chi connectivity index (χ1) is 9.33. The third-order valence-electron chi connectivity index (χ3n) is 3.49. The molecule has 0 spiro atoms. The molecule has 0 atom stereocenters. The molecular weight excluding hydrogens is 244 g/mol. The van der Waals surface area contributed by atoms with E-state index in [1.165, 1.54) is 0 Å². The number of benzene rings is 1. The van der Waals surface area contributed by atoms with Gasteiger partial charge in [0.15, 0.2) is 11.5 Å². The lowest BCUT2D eigenvalue weighted by Crippen LogP contribution is -2.18. The van der Waals surface area contributed by atoms with Crippen molar-refractivity contribution in [2.75, 3.05) is 24.4 Å². The van der Waals surface area contributed by atoms with Crippen LogP contribution in [-0.2, 0) is 6.54 Å². The summed E-state index contributed by atoms with van der Waals surface area (Å²) in [5.41, 5.74) is 7.93. The second-order valence-corrected chi connectivity index (χ2v) is 4.67. The molecular formula is C13H14N4O2. The third kappa shape index (κ3) is 1.53. The number of rotatable bonds is 1. The summed E-state index contributed by atoms with van der Waals surface area (Å²) in [6.07, 6.45) is 1.06. The molecule has 6 nitrogen and oxygen atoms in total. The molecule has 0 unspecified atom stereocenters. The topological polar surface area (TPSA) is 74.3 Å². The first-order valence-corrected chi connectivity index (χ1v) is 6.33. The number of fused-ring (bicyclic) bond motifs is 2. The van der Waals surface area contributed by atoms with Crippen LogP contribution in [0, 0.1) is 0 Å². The van der Waals surface area contributed by atoms with E-state index in [-0.39, 0.29) is 6.79 Å². The predicted octanol–water partition coefficient (Wildman–Crippen LogP) is 1.68. The highest BCUT2D eigenvalue weighted by atomic mass is 16.7. The van der Waals surface area contributed by atoms with Crippen LogP contribution in [0.15, 0.2) is 18.2 Å². The van der Waals surface area contributed by atoms with Crippen LogP contribution in [0.3, 0.4) is 0 Å². The lowest BCUT2D eigenvalue weighted by Gasteiger charge is -2.15. The predicted molar refractivity (Wildman–Crippen MR) is 71.3 cm³/mol. The molecule has 0 bridgehead atoms. The van der Waals surface area contributed by atoms with E-state index in [2.05, 4.69) is 10.3 Å². The zero-order chi connectivity index (χ0) is 12.8. The van der Waals surface area contributed by atoms with Crippen molar-refractivity contribution in [2.45, 2.75) is 13.0 Å². The zero-order valence-corrected chi connectivity index (χ0v) is 10.3. The second kappa shape index (κ2) is 3.81. The van der Waals surface area contributed by atoms with Crippen LogP contribution in [0.25, 0.3) is 11.3 Å². The molecule has 0 saturated carbocycles. The highest BCUT2D eigenvalue weighted by molar-refractivity contribution is 5.75. The number of nitrogens with zero attached hydrogens (tertiary/aromatic N) is 2. The summed E-state index contributed by atoms with van der Waals surface area (Å²) in [6, 6.07) is 5.77. The van der Waals surface area contributed by atoms with E-state index >= 15 is 0 Å². The van der Waals surface area contributed by atoms with E-state index in [0.717, 1.165) is 48.2 Å². The Morgan fingerprint density at radius 1 is 1.26 bits per heavy atom. The van der Waals surface area contributed by atoms with Crippen LogP contribution in [0.2, 0.25) is 0 Å². The minimum absolute atomic E-state index is 0.273. The summed E-state index contributed by atoms with van der Waals surface area (Å²) in [4.78, 5) is 4.58. The quantitative estimate of drug-likeness (QED) is 0.814. The number of nitrogen functional groups attached to an aromatic ring is 1. The van der Waals surface area contributed by atoms with Gasteiger partial charge in [-0.3, -0.25) is 4.57 Å². The molecule has 0 fully saturated rings. The molecule has 4 rings (SSSR count). The van der Waals surface area contributed by atoms with Gasteiger partial charge in [0.25, 0.3) is 0 Å². The van der Waals surface area contributed by atoms with Gasteiger partial charge < -0.3 is 20.5 Å². The molecule has 3 heterocycles. The molecule has 2 aromatic rings. The van der Waals surface area contributed by atoms with Crippen LogP contribution in [-0.4, -0.2) is 22.9 Å². The maximum absolute atomic E-state index is 6.19. The van der Waals surface area contributed by atoms with Crippen molar-refractivity contribution in [1.29, 1.82) is 0 Å². The number of nitrogens with two attached hydrogens (primary N) is 1. The van der Waals surface area contributed by atoms with E-state index in [1.54, 1.807) is 0 Å². The smallest absolute Gasteiger partial charge is 0.231 e.